The number of nitrogens with zero attached hydrogens (tertiary/aromatic N) is 2. The number of benzene rings is 3. The molecule has 0 spiro atoms. The predicted octanol–water partition coefficient (Wildman–Crippen LogP) is 6.03. The molecule has 2 fully saturated rings. The van der Waals surface area contributed by atoms with Crippen molar-refractivity contribution < 1.29 is 4.79 Å². The average molecular weight is 505 g/mol. The van der Waals surface area contributed by atoms with Crippen molar-refractivity contribution in [2.75, 3.05) is 10.6 Å². The predicted molar refractivity (Wildman–Crippen MR) is 150 cm³/mol. The molecule has 1 aliphatic heterocycles. The lowest BCUT2D eigenvalue weighted by molar-refractivity contribution is 0.102. The molecule has 7 rings (SSSR count). The zero-order valence-electron chi connectivity index (χ0n) is 21.7. The van der Waals surface area contributed by atoms with Crippen molar-refractivity contribution in [2.24, 2.45) is 24.8 Å². The second-order valence-electron chi connectivity index (χ2n) is 11.2. The third-order valence-electron chi connectivity index (χ3n) is 9.30. The molecule has 2 aliphatic carbocycles. The lowest BCUT2D eigenvalue weighted by Crippen LogP contribution is -2.35. The first-order valence-electron chi connectivity index (χ1n) is 13.6. The van der Waals surface area contributed by atoms with Gasteiger partial charge in [-0.15, -0.1) is 0 Å². The molecular formula is C32H32N4O2. The molecule has 192 valence electrons. The molecule has 0 unspecified atom stereocenters. The first-order chi connectivity index (χ1) is 18.5. The number of fused-ring (bicyclic) bond motifs is 7. The summed E-state index contributed by atoms with van der Waals surface area (Å²) >= 11 is 0. The number of aromatic nitrogens is 2. The molecule has 0 saturated heterocycles. The van der Waals surface area contributed by atoms with Gasteiger partial charge in [-0.3, -0.25) is 14.3 Å². The smallest absolute Gasteiger partial charge is 0.295 e. The molecular weight excluding hydrogens is 472 g/mol. The van der Waals surface area contributed by atoms with E-state index in [1.54, 1.807) is 9.36 Å². The molecule has 6 nitrogen and oxygen atoms in total. The van der Waals surface area contributed by atoms with Crippen molar-refractivity contribution in [1.29, 1.82) is 0 Å². The summed E-state index contributed by atoms with van der Waals surface area (Å²) in [6, 6.07) is 26.6. The number of hydrogen-bond acceptors (Lipinski definition) is 3. The second kappa shape index (κ2) is 8.76. The van der Waals surface area contributed by atoms with Gasteiger partial charge in [0.25, 0.3) is 11.5 Å². The van der Waals surface area contributed by atoms with Gasteiger partial charge >= 0.3 is 0 Å². The van der Waals surface area contributed by atoms with Crippen LogP contribution in [-0.2, 0) is 7.05 Å². The number of rotatable bonds is 4. The molecule has 5 atom stereocenters. The van der Waals surface area contributed by atoms with Crippen LogP contribution in [0.5, 0.6) is 0 Å². The molecule has 2 heterocycles. The van der Waals surface area contributed by atoms with Crippen molar-refractivity contribution in [3.8, 4) is 5.69 Å². The van der Waals surface area contributed by atoms with Gasteiger partial charge in [0.1, 0.15) is 5.69 Å². The van der Waals surface area contributed by atoms with Crippen LogP contribution in [0.4, 0.5) is 11.4 Å². The van der Waals surface area contributed by atoms with Gasteiger partial charge in [0.05, 0.1) is 17.4 Å². The molecule has 0 radical (unpaired) electrons. The van der Waals surface area contributed by atoms with E-state index in [9.17, 15) is 9.59 Å². The van der Waals surface area contributed by atoms with Crippen molar-refractivity contribution in [2.45, 2.75) is 38.1 Å². The molecule has 2 N–H and O–H groups in total. The van der Waals surface area contributed by atoms with Gasteiger partial charge in [0.2, 0.25) is 0 Å². The highest BCUT2D eigenvalue weighted by atomic mass is 16.2. The fourth-order valence-corrected chi connectivity index (χ4v) is 7.52. The van der Waals surface area contributed by atoms with Crippen LogP contribution in [-0.4, -0.2) is 15.3 Å². The summed E-state index contributed by atoms with van der Waals surface area (Å²) in [5.74, 6) is 2.14. The molecule has 3 aromatic carbocycles. The Labute approximate surface area is 222 Å². The monoisotopic (exact) mass is 504 g/mol. The normalized spacial score (nSPS) is 24.9. The zero-order valence-corrected chi connectivity index (χ0v) is 21.7. The highest BCUT2D eigenvalue weighted by molar-refractivity contribution is 6.05. The summed E-state index contributed by atoms with van der Waals surface area (Å²) in [4.78, 5) is 26.8. The summed E-state index contributed by atoms with van der Waals surface area (Å²) in [6.45, 7) is 1.86. The van der Waals surface area contributed by atoms with Gasteiger partial charge in [0, 0.05) is 18.3 Å². The van der Waals surface area contributed by atoms with Crippen LogP contribution in [0.25, 0.3) is 5.69 Å². The Kier molecular flexibility index (Phi) is 5.32. The first kappa shape index (κ1) is 23.1. The Hall–Kier alpha value is -4.06. The van der Waals surface area contributed by atoms with Gasteiger partial charge in [-0.05, 0) is 91.3 Å². The fraction of sp³-hybridized carbons (Fsp3) is 0.312. The van der Waals surface area contributed by atoms with E-state index in [0.29, 0.717) is 40.7 Å². The zero-order chi connectivity index (χ0) is 26.0. The molecule has 38 heavy (non-hydrogen) atoms. The lowest BCUT2D eigenvalue weighted by atomic mass is 9.68. The van der Waals surface area contributed by atoms with Crippen LogP contribution in [0.15, 0.2) is 83.7 Å². The third kappa shape index (κ3) is 3.46. The average Bonchev–Trinajstić information content (AvgIpc) is 3.63. The Morgan fingerprint density at radius 3 is 2.42 bits per heavy atom. The summed E-state index contributed by atoms with van der Waals surface area (Å²) in [5.41, 5.74) is 5.89. The Morgan fingerprint density at radius 2 is 1.66 bits per heavy atom. The maximum absolute atomic E-state index is 13.5. The lowest BCUT2D eigenvalue weighted by Gasteiger charge is -2.43. The maximum Gasteiger partial charge on any atom is 0.295 e. The first-order valence-corrected chi connectivity index (χ1v) is 13.6. The van der Waals surface area contributed by atoms with Crippen LogP contribution in [0.3, 0.4) is 0 Å². The molecule has 4 aromatic rings. The summed E-state index contributed by atoms with van der Waals surface area (Å²) in [7, 11) is 1.84. The number of anilines is 2. The van der Waals surface area contributed by atoms with Crippen molar-refractivity contribution in [3.63, 3.8) is 0 Å². The summed E-state index contributed by atoms with van der Waals surface area (Å²) in [5, 5.41) is 6.79. The van der Waals surface area contributed by atoms with Crippen LogP contribution in [0.1, 0.15) is 58.4 Å². The van der Waals surface area contributed by atoms with Crippen molar-refractivity contribution >= 4 is 17.3 Å². The number of para-hydroxylation sites is 1. The van der Waals surface area contributed by atoms with Crippen LogP contribution >= 0.6 is 0 Å². The topological polar surface area (TPSA) is 68.1 Å². The minimum Gasteiger partial charge on any atom is -0.378 e. The molecule has 3 aliphatic rings. The standard InChI is InChI=1S/C32H32N4O2/c1-19-29(32(38)36(35(19)2)24-11-7-4-8-12-24)34-31(37)23-15-16-26-25(18-23)27-21-13-14-22(17-21)28(27)30(33-26)20-9-5-3-6-10-20/h3-12,15-16,18,21-22,27-28,30,33H,13-14,17H2,1-2H3,(H,34,37)/t21-,22-,27-,28+,30-/m0/s1. The van der Waals surface area contributed by atoms with Crippen LogP contribution < -0.4 is 16.2 Å². The SMILES string of the molecule is Cc1c(NC(=O)c2ccc3c(c2)[C@@H]2[C@H]4CC[C@@H](C4)[C@H]2[C@H](c2ccccc2)N3)c(=O)n(-c2ccccc2)n1C. The van der Waals surface area contributed by atoms with E-state index < -0.39 is 0 Å². The third-order valence-corrected chi connectivity index (χ3v) is 9.30. The number of carbonyl (C=O) groups excluding carboxylic acids is 1. The number of carbonyl (C=O) groups is 1. The van der Waals surface area contributed by atoms with E-state index in [2.05, 4.69) is 53.1 Å². The van der Waals surface area contributed by atoms with E-state index in [-0.39, 0.29) is 11.5 Å². The molecule has 1 amide bonds. The van der Waals surface area contributed by atoms with E-state index in [4.69, 9.17) is 0 Å². The van der Waals surface area contributed by atoms with Gasteiger partial charge < -0.3 is 10.6 Å². The summed E-state index contributed by atoms with van der Waals surface area (Å²) in [6.07, 6.45) is 3.84. The highest BCUT2D eigenvalue weighted by Crippen LogP contribution is 2.63. The van der Waals surface area contributed by atoms with E-state index >= 15 is 0 Å². The maximum atomic E-state index is 13.5. The van der Waals surface area contributed by atoms with Crippen LogP contribution in [0, 0.1) is 24.7 Å². The summed E-state index contributed by atoms with van der Waals surface area (Å²) < 4.78 is 3.37. The van der Waals surface area contributed by atoms with E-state index in [1.807, 2.05) is 50.4 Å². The second-order valence-corrected chi connectivity index (χ2v) is 11.2. The highest BCUT2D eigenvalue weighted by Gasteiger charge is 2.53. The number of amides is 1. The quantitative estimate of drug-likeness (QED) is 0.356. The molecule has 2 bridgehead atoms. The Bertz CT molecular complexity index is 1590. The van der Waals surface area contributed by atoms with Gasteiger partial charge in [-0.2, -0.15) is 0 Å². The fourth-order valence-electron chi connectivity index (χ4n) is 7.52. The van der Waals surface area contributed by atoms with Crippen molar-refractivity contribution in [1.82, 2.24) is 9.36 Å². The minimum atomic E-state index is -0.247. The molecule has 1 aromatic heterocycles. The van der Waals surface area contributed by atoms with Gasteiger partial charge in [-0.25, -0.2) is 4.68 Å². The Balaban J connectivity index is 1.22. The van der Waals surface area contributed by atoms with E-state index in [0.717, 1.165) is 17.3 Å². The number of nitrogens with one attached hydrogen (secondary N) is 2. The minimum absolute atomic E-state index is 0.233. The number of hydrogen-bond donors (Lipinski definition) is 2. The molecule has 6 heteroatoms. The van der Waals surface area contributed by atoms with Crippen molar-refractivity contribution in [3.05, 3.63) is 112 Å². The van der Waals surface area contributed by atoms with E-state index in [1.165, 1.54) is 30.4 Å². The van der Waals surface area contributed by atoms with Crippen LogP contribution in [0.2, 0.25) is 0 Å². The Morgan fingerprint density at radius 1 is 0.947 bits per heavy atom. The largest absolute Gasteiger partial charge is 0.378 e. The van der Waals surface area contributed by atoms with Gasteiger partial charge in [0.15, 0.2) is 0 Å². The van der Waals surface area contributed by atoms with Gasteiger partial charge in [-0.1, -0.05) is 48.5 Å². The molecule has 2 saturated carbocycles.